The van der Waals surface area contributed by atoms with Crippen LogP contribution in [0.1, 0.15) is 31.1 Å². The lowest BCUT2D eigenvalue weighted by Crippen LogP contribution is -2.38. The van der Waals surface area contributed by atoms with Crippen LogP contribution < -0.4 is 25.0 Å². The Labute approximate surface area is 196 Å². The summed E-state index contributed by atoms with van der Waals surface area (Å²) >= 11 is 0. The van der Waals surface area contributed by atoms with Crippen LogP contribution in [-0.4, -0.2) is 25.0 Å². The quantitative estimate of drug-likeness (QED) is 0.590. The summed E-state index contributed by atoms with van der Waals surface area (Å²) in [5, 5.41) is 6.43. The molecular weight excluding hydrogens is 434 g/mol. The second kappa shape index (κ2) is 8.30. The standard InChI is InChI=1S/C26H23N3O5/c30-20-8-3-6-18-25(20)26(22-9-4-12-32-22)29(19-7-2-1-5-17(19)28-18)14-24(31)27-16-10-11-21-23(13-16)34-15-33-21/h1-2,4-5,7,9-13,26,28H,3,6,8,14-15H2,(H,27,31)/t26-/m0/s1. The number of rotatable bonds is 4. The van der Waals surface area contributed by atoms with Crippen LogP contribution in [0.2, 0.25) is 0 Å². The summed E-state index contributed by atoms with van der Waals surface area (Å²) in [5.41, 5.74) is 3.84. The van der Waals surface area contributed by atoms with Gasteiger partial charge in [-0.1, -0.05) is 12.1 Å². The van der Waals surface area contributed by atoms with Gasteiger partial charge in [0.2, 0.25) is 12.7 Å². The number of anilines is 3. The number of para-hydroxylation sites is 2. The van der Waals surface area contributed by atoms with Crippen molar-refractivity contribution in [3.8, 4) is 11.5 Å². The van der Waals surface area contributed by atoms with Gasteiger partial charge in [0.05, 0.1) is 24.2 Å². The van der Waals surface area contributed by atoms with Crippen molar-refractivity contribution in [2.75, 3.05) is 28.9 Å². The Balaban J connectivity index is 1.38. The predicted octanol–water partition coefficient (Wildman–Crippen LogP) is 4.63. The average Bonchev–Trinajstić information content (AvgIpc) is 3.50. The maximum absolute atomic E-state index is 13.3. The molecule has 1 aromatic heterocycles. The normalized spacial score (nSPS) is 18.6. The highest BCUT2D eigenvalue weighted by Gasteiger charge is 2.38. The lowest BCUT2D eigenvalue weighted by Gasteiger charge is -2.33. The zero-order valence-electron chi connectivity index (χ0n) is 18.4. The summed E-state index contributed by atoms with van der Waals surface area (Å²) < 4.78 is 16.6. The molecule has 0 saturated heterocycles. The smallest absolute Gasteiger partial charge is 0.243 e. The fraction of sp³-hybridized carbons (Fsp3) is 0.231. The van der Waals surface area contributed by atoms with Gasteiger partial charge < -0.3 is 29.4 Å². The number of nitrogens with one attached hydrogen (secondary N) is 2. The van der Waals surface area contributed by atoms with Gasteiger partial charge in [-0.05, 0) is 49.2 Å². The molecule has 6 rings (SSSR count). The fourth-order valence-electron chi connectivity index (χ4n) is 4.85. The van der Waals surface area contributed by atoms with Crippen molar-refractivity contribution >= 4 is 28.8 Å². The molecule has 8 nitrogen and oxygen atoms in total. The fourth-order valence-corrected chi connectivity index (χ4v) is 4.85. The molecule has 8 heteroatoms. The lowest BCUT2D eigenvalue weighted by molar-refractivity contribution is -0.117. The van der Waals surface area contributed by atoms with E-state index in [1.54, 1.807) is 30.5 Å². The first-order chi connectivity index (χ1) is 16.7. The Bertz CT molecular complexity index is 1300. The number of nitrogens with zero attached hydrogens (tertiary/aromatic N) is 1. The van der Waals surface area contributed by atoms with Gasteiger partial charge >= 0.3 is 0 Å². The molecule has 0 bridgehead atoms. The Kier molecular flexibility index (Phi) is 4.98. The minimum absolute atomic E-state index is 0.0164. The van der Waals surface area contributed by atoms with Crippen molar-refractivity contribution < 1.29 is 23.5 Å². The largest absolute Gasteiger partial charge is 0.467 e. The van der Waals surface area contributed by atoms with E-state index in [1.165, 1.54) is 0 Å². The number of allylic oxidation sites excluding steroid dienone is 1. The molecule has 1 amide bonds. The number of ether oxygens (including phenoxy) is 2. The molecule has 0 unspecified atom stereocenters. The summed E-state index contributed by atoms with van der Waals surface area (Å²) in [6.07, 6.45) is 3.63. The predicted molar refractivity (Wildman–Crippen MR) is 126 cm³/mol. The van der Waals surface area contributed by atoms with Gasteiger partial charge in [-0.2, -0.15) is 0 Å². The van der Waals surface area contributed by atoms with Gasteiger partial charge in [0.25, 0.3) is 0 Å². The monoisotopic (exact) mass is 457 g/mol. The number of hydrogen-bond acceptors (Lipinski definition) is 7. The number of Topliss-reactive ketones (excluding diaryl/α,β-unsaturated/α-hetero) is 1. The van der Waals surface area contributed by atoms with E-state index in [0.29, 0.717) is 34.9 Å². The third-order valence-electron chi connectivity index (χ3n) is 6.32. The van der Waals surface area contributed by atoms with Gasteiger partial charge in [-0.15, -0.1) is 0 Å². The highest BCUT2D eigenvalue weighted by molar-refractivity contribution is 6.02. The SMILES string of the molecule is O=C(CN1c2ccccc2NC2=C(C(=O)CCC2)[C@@H]1c1ccco1)Nc1ccc2c(c1)OCO2. The summed E-state index contributed by atoms with van der Waals surface area (Å²) in [7, 11) is 0. The number of ketones is 1. The number of hydrogen-bond donors (Lipinski definition) is 2. The van der Waals surface area contributed by atoms with Crippen molar-refractivity contribution in [3.63, 3.8) is 0 Å². The third-order valence-corrected chi connectivity index (χ3v) is 6.32. The maximum Gasteiger partial charge on any atom is 0.243 e. The Morgan fingerprint density at radius 2 is 1.94 bits per heavy atom. The van der Waals surface area contributed by atoms with Gasteiger partial charge in [0.15, 0.2) is 17.3 Å². The van der Waals surface area contributed by atoms with Crippen LogP contribution in [0.3, 0.4) is 0 Å². The summed E-state index contributed by atoms with van der Waals surface area (Å²) in [6.45, 7) is 0.184. The first-order valence-electron chi connectivity index (χ1n) is 11.3. The Morgan fingerprint density at radius 3 is 2.82 bits per heavy atom. The molecule has 1 atom stereocenters. The Morgan fingerprint density at radius 1 is 1.06 bits per heavy atom. The van der Waals surface area contributed by atoms with Crippen LogP contribution in [0, 0.1) is 0 Å². The first-order valence-corrected chi connectivity index (χ1v) is 11.3. The average molecular weight is 457 g/mol. The van der Waals surface area contributed by atoms with E-state index in [0.717, 1.165) is 29.9 Å². The lowest BCUT2D eigenvalue weighted by atomic mass is 9.88. The molecule has 0 saturated carbocycles. The number of carbonyl (C=O) groups excluding carboxylic acids is 2. The van der Waals surface area contributed by atoms with E-state index < -0.39 is 6.04 Å². The third kappa shape index (κ3) is 3.57. The highest BCUT2D eigenvalue weighted by atomic mass is 16.7. The van der Waals surface area contributed by atoms with E-state index >= 15 is 0 Å². The van der Waals surface area contributed by atoms with Crippen LogP contribution in [0.15, 0.2) is 76.5 Å². The molecule has 0 radical (unpaired) electrons. The zero-order valence-corrected chi connectivity index (χ0v) is 18.4. The van der Waals surface area contributed by atoms with Crippen LogP contribution in [0.5, 0.6) is 11.5 Å². The van der Waals surface area contributed by atoms with Gasteiger partial charge in [-0.3, -0.25) is 9.59 Å². The molecule has 2 aromatic carbocycles. The summed E-state index contributed by atoms with van der Waals surface area (Å²) in [6, 6.07) is 16.2. The van der Waals surface area contributed by atoms with Crippen molar-refractivity contribution in [3.05, 3.63) is 77.9 Å². The zero-order chi connectivity index (χ0) is 23.1. The van der Waals surface area contributed by atoms with Crippen LogP contribution in [0.4, 0.5) is 17.1 Å². The summed E-state index contributed by atoms with van der Waals surface area (Å²) in [5.74, 6) is 1.72. The highest BCUT2D eigenvalue weighted by Crippen LogP contribution is 2.44. The van der Waals surface area contributed by atoms with E-state index in [4.69, 9.17) is 13.9 Å². The molecule has 3 aromatic rings. The molecule has 2 N–H and O–H groups in total. The summed E-state index contributed by atoms with van der Waals surface area (Å²) in [4.78, 5) is 28.4. The number of amides is 1. The topological polar surface area (TPSA) is 93.0 Å². The van der Waals surface area contributed by atoms with E-state index in [9.17, 15) is 9.59 Å². The maximum atomic E-state index is 13.3. The van der Waals surface area contributed by atoms with Gasteiger partial charge in [0, 0.05) is 29.4 Å². The number of fused-ring (bicyclic) bond motifs is 2. The second-order valence-electron chi connectivity index (χ2n) is 8.47. The van der Waals surface area contributed by atoms with E-state index in [1.807, 2.05) is 35.2 Å². The molecule has 2 aliphatic heterocycles. The molecule has 0 fully saturated rings. The van der Waals surface area contributed by atoms with Crippen LogP contribution >= 0.6 is 0 Å². The van der Waals surface area contributed by atoms with Crippen LogP contribution in [-0.2, 0) is 9.59 Å². The van der Waals surface area contributed by atoms with Crippen molar-refractivity contribution in [1.82, 2.24) is 0 Å². The van der Waals surface area contributed by atoms with E-state index in [2.05, 4.69) is 10.6 Å². The van der Waals surface area contributed by atoms with Crippen molar-refractivity contribution in [2.45, 2.75) is 25.3 Å². The van der Waals surface area contributed by atoms with E-state index in [-0.39, 0.29) is 25.0 Å². The van der Waals surface area contributed by atoms with Gasteiger partial charge in [0.1, 0.15) is 11.8 Å². The van der Waals surface area contributed by atoms with Crippen LogP contribution in [0.25, 0.3) is 0 Å². The molecule has 0 spiro atoms. The van der Waals surface area contributed by atoms with Gasteiger partial charge in [-0.25, -0.2) is 0 Å². The molecule has 3 aliphatic rings. The minimum atomic E-state index is -0.517. The molecule has 172 valence electrons. The molecule has 1 aliphatic carbocycles. The molecular formula is C26H23N3O5. The number of benzene rings is 2. The minimum Gasteiger partial charge on any atom is -0.467 e. The Hall–Kier alpha value is -4.20. The molecule has 3 heterocycles. The number of carbonyl (C=O) groups is 2. The number of furan rings is 1. The van der Waals surface area contributed by atoms with Crippen molar-refractivity contribution in [2.24, 2.45) is 0 Å². The molecule has 34 heavy (non-hydrogen) atoms. The second-order valence-corrected chi connectivity index (χ2v) is 8.47. The van der Waals surface area contributed by atoms with Crippen molar-refractivity contribution in [1.29, 1.82) is 0 Å². The first kappa shape index (κ1) is 20.4.